The lowest BCUT2D eigenvalue weighted by atomic mass is 9.98. The number of phenols is 2. The second-order valence-corrected chi connectivity index (χ2v) is 6.92. The monoisotopic (exact) mass is 452 g/mol. The Hall–Kier alpha value is -3.25. The number of aliphatic hydroxyl groups is 3. The highest BCUT2D eigenvalue weighted by molar-refractivity contribution is 5.90. The van der Waals surface area contributed by atoms with Gasteiger partial charge in [0.2, 0.25) is 6.29 Å². The van der Waals surface area contributed by atoms with Crippen LogP contribution >= 0.6 is 0 Å². The second-order valence-electron chi connectivity index (χ2n) is 6.92. The van der Waals surface area contributed by atoms with Crippen molar-refractivity contribution in [3.8, 4) is 28.7 Å². The first-order valence-corrected chi connectivity index (χ1v) is 9.53. The van der Waals surface area contributed by atoms with Gasteiger partial charge in [-0.15, -0.1) is 0 Å². The molecule has 11 heteroatoms. The van der Waals surface area contributed by atoms with Crippen LogP contribution in [0.3, 0.4) is 0 Å². The minimum absolute atomic E-state index is 0.0104. The average molecular weight is 452 g/mol. The molecule has 0 radical (unpaired) electrons. The number of aliphatic hydroxyl groups excluding tert-OH is 3. The summed E-state index contributed by atoms with van der Waals surface area (Å²) in [7, 11) is 2.65. The molecule has 0 amide bonds. The Morgan fingerprint density at radius 3 is 2.34 bits per heavy atom. The van der Waals surface area contributed by atoms with Gasteiger partial charge in [0.05, 0.1) is 26.4 Å². The zero-order valence-corrected chi connectivity index (χ0v) is 17.2. The number of phenolic OH excluding ortho intramolecular Hbond substituents is 2. The number of aromatic hydroxyl groups is 2. The molecule has 1 aliphatic rings. The fourth-order valence-corrected chi connectivity index (χ4v) is 3.16. The van der Waals surface area contributed by atoms with Crippen molar-refractivity contribution >= 4 is 5.97 Å². The van der Waals surface area contributed by atoms with Crippen LogP contribution in [0, 0.1) is 0 Å². The smallest absolute Gasteiger partial charge is 0.338 e. The van der Waals surface area contributed by atoms with E-state index < -0.39 is 43.3 Å². The summed E-state index contributed by atoms with van der Waals surface area (Å²) in [5, 5.41) is 50.0. The van der Waals surface area contributed by atoms with E-state index in [2.05, 4.69) is 0 Å². The summed E-state index contributed by atoms with van der Waals surface area (Å²) in [5.74, 6) is -0.939. The van der Waals surface area contributed by atoms with E-state index in [1.54, 1.807) is 0 Å². The number of rotatable bonds is 7. The summed E-state index contributed by atoms with van der Waals surface area (Å²) in [6.45, 7) is -0.651. The van der Waals surface area contributed by atoms with Crippen LogP contribution in [0.4, 0.5) is 0 Å². The maximum absolute atomic E-state index is 12.6. The lowest BCUT2D eigenvalue weighted by Gasteiger charge is -2.41. The maximum Gasteiger partial charge on any atom is 0.338 e. The number of hydrogen-bond donors (Lipinski definition) is 5. The zero-order valence-electron chi connectivity index (χ0n) is 17.2. The van der Waals surface area contributed by atoms with Gasteiger partial charge in [0, 0.05) is 6.07 Å². The number of carbonyl (C=O) groups is 1. The first kappa shape index (κ1) is 23.4. The van der Waals surface area contributed by atoms with Crippen LogP contribution in [0.1, 0.15) is 10.4 Å². The molecule has 0 saturated carbocycles. The largest absolute Gasteiger partial charge is 0.508 e. The number of hydrogen-bond acceptors (Lipinski definition) is 11. The summed E-state index contributed by atoms with van der Waals surface area (Å²) in [5.41, 5.74) is -0.0104. The first-order valence-electron chi connectivity index (χ1n) is 9.53. The first-order chi connectivity index (χ1) is 15.3. The highest BCUT2D eigenvalue weighted by Gasteiger charge is 2.48. The SMILES string of the molecule is COc1cc(C(=O)O[C@@H]2[C@@H](O)[C@H](Oc3ccc(O)cc3OC)O[C@H](CO)[C@H]2O)ccc1O. The van der Waals surface area contributed by atoms with Crippen molar-refractivity contribution in [1.29, 1.82) is 0 Å². The van der Waals surface area contributed by atoms with Crippen LogP contribution in [-0.4, -0.2) is 83.0 Å². The van der Waals surface area contributed by atoms with Gasteiger partial charge >= 0.3 is 5.97 Å². The predicted octanol–water partition coefficient (Wildman–Crippen LogP) is 0.158. The van der Waals surface area contributed by atoms with E-state index in [0.717, 1.165) is 0 Å². The van der Waals surface area contributed by atoms with E-state index in [1.807, 2.05) is 0 Å². The molecular formula is C21H24O11. The third-order valence-electron chi connectivity index (χ3n) is 4.87. The van der Waals surface area contributed by atoms with E-state index in [1.165, 1.54) is 50.6 Å². The Labute approximate surface area is 182 Å². The highest BCUT2D eigenvalue weighted by Crippen LogP contribution is 2.34. The molecule has 1 saturated heterocycles. The lowest BCUT2D eigenvalue weighted by Crippen LogP contribution is -2.61. The average Bonchev–Trinajstić information content (AvgIpc) is 2.79. The molecule has 0 spiro atoms. The van der Waals surface area contributed by atoms with Gasteiger partial charge in [-0.2, -0.15) is 0 Å². The molecule has 1 aliphatic heterocycles. The Balaban J connectivity index is 1.82. The third-order valence-corrected chi connectivity index (χ3v) is 4.87. The van der Waals surface area contributed by atoms with E-state index >= 15 is 0 Å². The Kier molecular flexibility index (Phi) is 7.26. The van der Waals surface area contributed by atoms with Gasteiger partial charge in [-0.3, -0.25) is 0 Å². The quantitative estimate of drug-likeness (QED) is 0.363. The third kappa shape index (κ3) is 4.81. The summed E-state index contributed by atoms with van der Waals surface area (Å²) in [4.78, 5) is 12.6. The summed E-state index contributed by atoms with van der Waals surface area (Å²) in [6.07, 6.45) is -7.45. The molecule has 2 aromatic carbocycles. The molecule has 32 heavy (non-hydrogen) atoms. The molecule has 5 N–H and O–H groups in total. The van der Waals surface area contributed by atoms with E-state index in [-0.39, 0.29) is 34.3 Å². The molecule has 11 nitrogen and oxygen atoms in total. The van der Waals surface area contributed by atoms with Crippen LogP contribution in [0.25, 0.3) is 0 Å². The molecule has 0 bridgehead atoms. The molecule has 0 aliphatic carbocycles. The number of carbonyl (C=O) groups excluding carboxylic acids is 1. The van der Waals surface area contributed by atoms with Crippen LogP contribution < -0.4 is 14.2 Å². The van der Waals surface area contributed by atoms with Crippen molar-refractivity contribution in [3.63, 3.8) is 0 Å². The number of esters is 1. The Morgan fingerprint density at radius 1 is 0.969 bits per heavy atom. The zero-order chi connectivity index (χ0) is 23.4. The fourth-order valence-electron chi connectivity index (χ4n) is 3.16. The standard InChI is InChI=1S/C21H24O11/c1-28-14-7-10(3-5-12(14)24)20(27)32-19-17(25)16(9-22)31-21(18(19)26)30-13-6-4-11(23)8-15(13)29-2/h3-8,16-19,21-26H,9H2,1-2H3/t16-,17-,18-,19+,21-/m1/s1. The minimum atomic E-state index is -1.66. The van der Waals surface area contributed by atoms with Crippen LogP contribution in [0.2, 0.25) is 0 Å². The van der Waals surface area contributed by atoms with E-state index in [4.69, 9.17) is 23.7 Å². The van der Waals surface area contributed by atoms with Gasteiger partial charge < -0.3 is 49.2 Å². The van der Waals surface area contributed by atoms with Gasteiger partial charge in [-0.25, -0.2) is 4.79 Å². The summed E-state index contributed by atoms with van der Waals surface area (Å²) < 4.78 is 26.4. The van der Waals surface area contributed by atoms with Crippen molar-refractivity contribution in [2.24, 2.45) is 0 Å². The molecule has 2 aromatic rings. The minimum Gasteiger partial charge on any atom is -0.508 e. The van der Waals surface area contributed by atoms with Gasteiger partial charge in [0.15, 0.2) is 35.2 Å². The van der Waals surface area contributed by atoms with Crippen LogP contribution in [0.5, 0.6) is 28.7 Å². The molecule has 1 heterocycles. The summed E-state index contributed by atoms with van der Waals surface area (Å²) in [6, 6.07) is 7.70. The van der Waals surface area contributed by atoms with Gasteiger partial charge in [-0.05, 0) is 30.3 Å². The van der Waals surface area contributed by atoms with Gasteiger partial charge in [-0.1, -0.05) is 0 Å². The number of ether oxygens (including phenoxy) is 5. The molecule has 0 aromatic heterocycles. The lowest BCUT2D eigenvalue weighted by molar-refractivity contribution is -0.277. The molecular weight excluding hydrogens is 428 g/mol. The van der Waals surface area contributed by atoms with Crippen molar-refractivity contribution in [2.45, 2.75) is 30.7 Å². The molecule has 5 atom stereocenters. The number of benzene rings is 2. The summed E-state index contributed by atoms with van der Waals surface area (Å²) >= 11 is 0. The van der Waals surface area contributed by atoms with Gasteiger partial charge in [0.25, 0.3) is 0 Å². The van der Waals surface area contributed by atoms with Crippen molar-refractivity contribution < 1.29 is 54.0 Å². The van der Waals surface area contributed by atoms with E-state index in [0.29, 0.717) is 0 Å². The normalized spacial score (nSPS) is 25.1. The molecule has 3 rings (SSSR count). The van der Waals surface area contributed by atoms with Crippen LogP contribution in [-0.2, 0) is 9.47 Å². The Bertz CT molecular complexity index is 947. The van der Waals surface area contributed by atoms with Crippen molar-refractivity contribution in [2.75, 3.05) is 20.8 Å². The van der Waals surface area contributed by atoms with Crippen molar-refractivity contribution in [3.05, 3.63) is 42.0 Å². The topological polar surface area (TPSA) is 164 Å². The maximum atomic E-state index is 12.6. The molecule has 174 valence electrons. The molecule has 0 unspecified atom stereocenters. The highest BCUT2D eigenvalue weighted by atomic mass is 16.7. The van der Waals surface area contributed by atoms with E-state index in [9.17, 15) is 30.3 Å². The second kappa shape index (κ2) is 9.92. The number of methoxy groups -OCH3 is 2. The predicted molar refractivity (Wildman–Crippen MR) is 107 cm³/mol. The fraction of sp³-hybridized carbons (Fsp3) is 0.381. The van der Waals surface area contributed by atoms with Crippen molar-refractivity contribution in [1.82, 2.24) is 0 Å². The Morgan fingerprint density at radius 2 is 1.69 bits per heavy atom. The molecule has 1 fully saturated rings. The van der Waals surface area contributed by atoms with Gasteiger partial charge in [0.1, 0.15) is 18.0 Å². The van der Waals surface area contributed by atoms with Crippen LogP contribution in [0.15, 0.2) is 36.4 Å².